The fraction of sp³-hybridized carbons (Fsp3) is 0.452. The number of benzene rings is 2. The number of nitrogens with zero attached hydrogens (tertiary/aromatic N) is 3. The first-order valence-electron chi connectivity index (χ1n) is 14.1. The summed E-state index contributed by atoms with van der Waals surface area (Å²) in [4.78, 5) is 32.5. The van der Waals surface area contributed by atoms with Crippen LogP contribution in [-0.4, -0.2) is 75.4 Å². The maximum Gasteiger partial charge on any atom is 0.251 e. The van der Waals surface area contributed by atoms with Gasteiger partial charge in [0.25, 0.3) is 5.91 Å². The molecule has 4 rings (SSSR count). The monoisotopic (exact) mass is 601 g/mol. The lowest BCUT2D eigenvalue weighted by Crippen LogP contribution is -2.50. The molecule has 1 saturated heterocycles. The SMILES string of the molecule is CNC(=O)CC(C)(C)[C@H](c1nc(-c2cc(F)ccc2F)cn1Cc1cccc(O)c1)N(C[C@@H]1CNC[C@@H]1F)C(=O)[C@H](C)O. The summed E-state index contributed by atoms with van der Waals surface area (Å²) >= 11 is 0. The Labute approximate surface area is 248 Å². The predicted molar refractivity (Wildman–Crippen MR) is 155 cm³/mol. The molecule has 2 heterocycles. The van der Waals surface area contributed by atoms with Crippen LogP contribution in [0.5, 0.6) is 5.75 Å². The molecule has 1 fully saturated rings. The average molecular weight is 602 g/mol. The van der Waals surface area contributed by atoms with E-state index in [4.69, 9.17) is 4.98 Å². The van der Waals surface area contributed by atoms with Crippen molar-refractivity contribution in [1.82, 2.24) is 25.1 Å². The fourth-order valence-electron chi connectivity index (χ4n) is 5.66. The second-order valence-electron chi connectivity index (χ2n) is 11.7. The number of nitrogens with one attached hydrogen (secondary N) is 2. The minimum absolute atomic E-state index is 0.0145. The van der Waals surface area contributed by atoms with E-state index in [1.807, 2.05) is 0 Å². The van der Waals surface area contributed by atoms with Gasteiger partial charge in [0.1, 0.15) is 35.5 Å². The van der Waals surface area contributed by atoms with E-state index in [1.54, 1.807) is 30.5 Å². The molecule has 9 nitrogen and oxygen atoms in total. The van der Waals surface area contributed by atoms with Gasteiger partial charge in [-0.15, -0.1) is 0 Å². The summed E-state index contributed by atoms with van der Waals surface area (Å²) in [7, 11) is 1.48. The largest absolute Gasteiger partial charge is 0.508 e. The lowest BCUT2D eigenvalue weighted by molar-refractivity contribution is -0.147. The number of phenols is 1. The average Bonchev–Trinajstić information content (AvgIpc) is 3.54. The highest BCUT2D eigenvalue weighted by Crippen LogP contribution is 2.43. The molecule has 1 aliphatic rings. The highest BCUT2D eigenvalue weighted by Gasteiger charge is 2.45. The smallest absolute Gasteiger partial charge is 0.251 e. The van der Waals surface area contributed by atoms with Gasteiger partial charge in [0.05, 0.1) is 11.7 Å². The summed E-state index contributed by atoms with van der Waals surface area (Å²) in [6.07, 6.45) is -1.28. The lowest BCUT2D eigenvalue weighted by atomic mass is 9.78. The number of aromatic nitrogens is 2. The van der Waals surface area contributed by atoms with Crippen LogP contribution in [0.15, 0.2) is 48.7 Å². The number of aromatic hydroxyl groups is 1. The van der Waals surface area contributed by atoms with Crippen molar-refractivity contribution < 1.29 is 33.0 Å². The van der Waals surface area contributed by atoms with Gasteiger partial charge < -0.3 is 30.3 Å². The van der Waals surface area contributed by atoms with Gasteiger partial charge in [0.15, 0.2) is 0 Å². The first kappa shape index (κ1) is 32.0. The number of aliphatic hydroxyl groups excluding tert-OH is 1. The number of halogens is 3. The van der Waals surface area contributed by atoms with Crippen molar-refractivity contribution in [2.75, 3.05) is 26.7 Å². The van der Waals surface area contributed by atoms with Crippen molar-refractivity contribution in [1.29, 1.82) is 0 Å². The number of carbonyl (C=O) groups is 2. The molecule has 43 heavy (non-hydrogen) atoms. The van der Waals surface area contributed by atoms with E-state index < -0.39 is 47.2 Å². The quantitative estimate of drug-likeness (QED) is 0.267. The summed E-state index contributed by atoms with van der Waals surface area (Å²) in [6.45, 7) is 5.24. The minimum atomic E-state index is -1.46. The highest BCUT2D eigenvalue weighted by atomic mass is 19.1. The number of imidazole rings is 1. The van der Waals surface area contributed by atoms with E-state index in [0.717, 1.165) is 18.2 Å². The Kier molecular flexibility index (Phi) is 9.81. The number of amides is 2. The van der Waals surface area contributed by atoms with E-state index >= 15 is 0 Å². The van der Waals surface area contributed by atoms with E-state index in [0.29, 0.717) is 12.1 Å². The molecule has 1 aromatic heterocycles. The highest BCUT2D eigenvalue weighted by molar-refractivity contribution is 5.81. The Morgan fingerprint density at radius 1 is 1.21 bits per heavy atom. The van der Waals surface area contributed by atoms with Crippen molar-refractivity contribution in [2.45, 2.75) is 52.1 Å². The topological polar surface area (TPSA) is 120 Å². The zero-order valence-electron chi connectivity index (χ0n) is 24.7. The molecule has 0 radical (unpaired) electrons. The summed E-state index contributed by atoms with van der Waals surface area (Å²) in [5.41, 5.74) is -0.452. The van der Waals surface area contributed by atoms with Crippen LogP contribution in [0.4, 0.5) is 13.2 Å². The van der Waals surface area contributed by atoms with Crippen LogP contribution in [0, 0.1) is 23.0 Å². The number of aliphatic hydroxyl groups is 1. The molecule has 0 spiro atoms. The molecule has 3 aromatic rings. The van der Waals surface area contributed by atoms with Gasteiger partial charge in [0.2, 0.25) is 5.91 Å². The molecular formula is C31H38F3N5O4. The Bertz CT molecular complexity index is 1460. The Hall–Kier alpha value is -3.90. The Morgan fingerprint density at radius 2 is 1.95 bits per heavy atom. The molecule has 0 saturated carbocycles. The number of alkyl halides is 1. The zero-order valence-corrected chi connectivity index (χ0v) is 24.7. The van der Waals surface area contributed by atoms with Crippen LogP contribution in [0.25, 0.3) is 11.3 Å². The van der Waals surface area contributed by atoms with E-state index in [1.165, 1.54) is 37.2 Å². The van der Waals surface area contributed by atoms with Crippen LogP contribution in [0.1, 0.15) is 44.6 Å². The molecule has 232 valence electrons. The van der Waals surface area contributed by atoms with Gasteiger partial charge in [-0.3, -0.25) is 9.59 Å². The summed E-state index contributed by atoms with van der Waals surface area (Å²) in [5, 5.41) is 26.2. The van der Waals surface area contributed by atoms with Crippen LogP contribution >= 0.6 is 0 Å². The van der Waals surface area contributed by atoms with Crippen molar-refractivity contribution in [3.05, 3.63) is 71.7 Å². The van der Waals surface area contributed by atoms with Crippen LogP contribution < -0.4 is 10.6 Å². The third-order valence-electron chi connectivity index (χ3n) is 7.80. The minimum Gasteiger partial charge on any atom is -0.508 e. The van der Waals surface area contributed by atoms with Crippen LogP contribution in [0.3, 0.4) is 0 Å². The third-order valence-corrected chi connectivity index (χ3v) is 7.80. The fourth-order valence-corrected chi connectivity index (χ4v) is 5.66. The molecule has 4 atom stereocenters. The predicted octanol–water partition coefficient (Wildman–Crippen LogP) is 3.55. The molecular weight excluding hydrogens is 563 g/mol. The lowest BCUT2D eigenvalue weighted by Gasteiger charge is -2.43. The van der Waals surface area contributed by atoms with Gasteiger partial charge in [-0.2, -0.15) is 0 Å². The number of hydrogen-bond donors (Lipinski definition) is 4. The number of rotatable bonds is 11. The Balaban J connectivity index is 1.96. The van der Waals surface area contributed by atoms with Gasteiger partial charge >= 0.3 is 0 Å². The van der Waals surface area contributed by atoms with Crippen molar-refractivity contribution in [3.8, 4) is 17.0 Å². The molecule has 4 N–H and O–H groups in total. The normalized spacial score (nSPS) is 18.3. The molecule has 1 aliphatic heterocycles. The number of phenolic OH excluding ortho intramolecular Hbond substituents is 1. The molecule has 0 bridgehead atoms. The second-order valence-corrected chi connectivity index (χ2v) is 11.7. The third kappa shape index (κ3) is 7.37. The molecule has 12 heteroatoms. The zero-order chi connectivity index (χ0) is 31.5. The number of hydrogen-bond acceptors (Lipinski definition) is 6. The maximum atomic E-state index is 15.0. The van der Waals surface area contributed by atoms with Crippen molar-refractivity contribution in [3.63, 3.8) is 0 Å². The van der Waals surface area contributed by atoms with E-state index in [-0.39, 0.29) is 54.8 Å². The Morgan fingerprint density at radius 3 is 2.58 bits per heavy atom. The molecule has 0 aliphatic carbocycles. The maximum absolute atomic E-state index is 15.0. The molecule has 2 amide bonds. The van der Waals surface area contributed by atoms with Crippen molar-refractivity contribution >= 4 is 11.8 Å². The van der Waals surface area contributed by atoms with Gasteiger partial charge in [0, 0.05) is 62.7 Å². The molecule has 2 aromatic carbocycles. The standard InChI is InChI=1S/C31H38F3N5O4/c1-18(40)30(43)39(16-20-13-36-14-25(20)34)28(31(2,3)12-27(42)35-4)29-37-26(23-11-21(32)8-9-24(23)33)17-38(29)15-19-6-5-7-22(41)10-19/h5-11,17-18,20,25,28,36,40-41H,12-16H2,1-4H3,(H,35,42)/t18-,20-,25-,28-/m0/s1. The first-order valence-corrected chi connectivity index (χ1v) is 14.1. The van der Waals surface area contributed by atoms with Gasteiger partial charge in [-0.25, -0.2) is 18.2 Å². The van der Waals surface area contributed by atoms with Crippen LogP contribution in [0.2, 0.25) is 0 Å². The second kappa shape index (κ2) is 13.2. The first-order chi connectivity index (χ1) is 20.3. The summed E-state index contributed by atoms with van der Waals surface area (Å²) in [5.74, 6) is -2.79. The summed E-state index contributed by atoms with van der Waals surface area (Å²) < 4.78 is 45.8. The van der Waals surface area contributed by atoms with Gasteiger partial charge in [-0.1, -0.05) is 26.0 Å². The van der Waals surface area contributed by atoms with E-state index in [2.05, 4.69) is 10.6 Å². The molecule has 0 unspecified atom stereocenters. The number of carbonyl (C=O) groups excluding carboxylic acids is 2. The van der Waals surface area contributed by atoms with Crippen molar-refractivity contribution in [2.24, 2.45) is 11.3 Å². The van der Waals surface area contributed by atoms with Gasteiger partial charge in [-0.05, 0) is 42.8 Å². The summed E-state index contributed by atoms with van der Waals surface area (Å²) in [6, 6.07) is 8.42. The van der Waals surface area contributed by atoms with E-state index in [9.17, 15) is 33.0 Å². The van der Waals surface area contributed by atoms with Crippen LogP contribution in [-0.2, 0) is 16.1 Å².